The van der Waals surface area contributed by atoms with Gasteiger partial charge in [-0.2, -0.15) is 5.12 Å². The predicted molar refractivity (Wildman–Crippen MR) is 81.7 cm³/mol. The van der Waals surface area contributed by atoms with E-state index in [0.717, 1.165) is 11.4 Å². The van der Waals surface area contributed by atoms with E-state index in [1.165, 1.54) is 0 Å². The normalized spacial score (nSPS) is 14.2. The number of hydrazine groups is 2. The molecule has 0 aromatic heterocycles. The van der Waals surface area contributed by atoms with Crippen LogP contribution >= 0.6 is 0 Å². The van der Waals surface area contributed by atoms with E-state index in [2.05, 4.69) is 43.3 Å². The maximum Gasteiger partial charge on any atom is 0.142 e. The first-order valence-corrected chi connectivity index (χ1v) is 6.63. The Labute approximate surface area is 119 Å². The minimum atomic E-state index is -0.137. The fourth-order valence-electron chi connectivity index (χ4n) is 2.44. The molecule has 0 amide bonds. The van der Waals surface area contributed by atoms with Gasteiger partial charge in [-0.15, -0.1) is 0 Å². The van der Waals surface area contributed by atoms with E-state index in [9.17, 15) is 5.11 Å². The van der Waals surface area contributed by atoms with Crippen LogP contribution in [0.3, 0.4) is 0 Å². The molecule has 1 heterocycles. The molecule has 4 nitrogen and oxygen atoms in total. The quantitative estimate of drug-likeness (QED) is 0.829. The van der Waals surface area contributed by atoms with Gasteiger partial charge >= 0.3 is 0 Å². The van der Waals surface area contributed by atoms with Gasteiger partial charge in [0.15, 0.2) is 0 Å². The van der Waals surface area contributed by atoms with Gasteiger partial charge < -0.3 is 5.11 Å². The van der Waals surface area contributed by atoms with Crippen molar-refractivity contribution in [2.24, 2.45) is 0 Å². The van der Waals surface area contributed by atoms with Gasteiger partial charge in [0.2, 0.25) is 0 Å². The number of hydrogen-bond donors (Lipinski definition) is 2. The summed E-state index contributed by atoms with van der Waals surface area (Å²) in [6.45, 7) is 6.40. The zero-order chi connectivity index (χ0) is 14.3. The topological polar surface area (TPSA) is 38.7 Å². The van der Waals surface area contributed by atoms with Crippen molar-refractivity contribution in [3.63, 3.8) is 0 Å². The lowest BCUT2D eigenvalue weighted by Crippen LogP contribution is -2.52. The Kier molecular flexibility index (Phi) is 2.74. The number of phenols is 1. The summed E-state index contributed by atoms with van der Waals surface area (Å²) in [6, 6.07) is 16.2. The minimum absolute atomic E-state index is 0.137. The number of nitrogens with zero attached hydrogens (tertiary/aromatic N) is 2. The third-order valence-electron chi connectivity index (χ3n) is 3.24. The van der Waals surface area contributed by atoms with Crippen LogP contribution in [0, 0.1) is 6.07 Å². The number of nitrogens with one attached hydrogen (secondary N) is 1. The van der Waals surface area contributed by atoms with Crippen molar-refractivity contribution in [2.45, 2.75) is 26.3 Å². The van der Waals surface area contributed by atoms with Crippen molar-refractivity contribution in [2.75, 3.05) is 15.6 Å². The molecule has 0 saturated carbocycles. The summed E-state index contributed by atoms with van der Waals surface area (Å²) < 4.78 is 0. The molecule has 0 bridgehead atoms. The van der Waals surface area contributed by atoms with E-state index in [4.69, 9.17) is 0 Å². The second-order valence-electron chi connectivity index (χ2n) is 5.84. The first-order chi connectivity index (χ1) is 9.48. The van der Waals surface area contributed by atoms with Gasteiger partial charge in [-0.1, -0.05) is 18.2 Å². The van der Waals surface area contributed by atoms with E-state index in [1.807, 2.05) is 23.3 Å². The van der Waals surface area contributed by atoms with Gasteiger partial charge in [-0.3, -0.25) is 10.4 Å². The van der Waals surface area contributed by atoms with Crippen LogP contribution in [0.5, 0.6) is 5.75 Å². The average molecular weight is 268 g/mol. The van der Waals surface area contributed by atoms with Crippen molar-refractivity contribution in [1.82, 2.24) is 0 Å². The Bertz CT molecular complexity index is 634. The number of aromatic hydroxyl groups is 1. The summed E-state index contributed by atoms with van der Waals surface area (Å²) >= 11 is 0. The van der Waals surface area contributed by atoms with Crippen molar-refractivity contribution >= 4 is 17.1 Å². The molecule has 0 spiro atoms. The van der Waals surface area contributed by atoms with Gasteiger partial charge in [0.1, 0.15) is 11.4 Å². The second kappa shape index (κ2) is 4.34. The number of benzene rings is 2. The van der Waals surface area contributed by atoms with Crippen molar-refractivity contribution in [1.29, 1.82) is 0 Å². The molecule has 0 unspecified atom stereocenters. The average Bonchev–Trinajstić information content (AvgIpc) is 2.78. The van der Waals surface area contributed by atoms with Crippen LogP contribution in [0.2, 0.25) is 0 Å². The third-order valence-corrected chi connectivity index (χ3v) is 3.24. The third kappa shape index (κ3) is 1.93. The van der Waals surface area contributed by atoms with E-state index >= 15 is 0 Å². The van der Waals surface area contributed by atoms with E-state index < -0.39 is 0 Å². The van der Waals surface area contributed by atoms with E-state index in [1.54, 1.807) is 18.2 Å². The van der Waals surface area contributed by atoms with Crippen LogP contribution in [0.4, 0.5) is 17.1 Å². The van der Waals surface area contributed by atoms with E-state index in [-0.39, 0.29) is 11.3 Å². The van der Waals surface area contributed by atoms with Crippen molar-refractivity contribution in [3.8, 4) is 5.75 Å². The molecule has 3 rings (SSSR count). The number of rotatable bonds is 1. The maximum absolute atomic E-state index is 10.1. The van der Waals surface area contributed by atoms with Crippen molar-refractivity contribution in [3.05, 3.63) is 48.5 Å². The molecular formula is C16H18N3O. The summed E-state index contributed by atoms with van der Waals surface area (Å²) in [5.41, 5.74) is 5.98. The van der Waals surface area contributed by atoms with Crippen LogP contribution in [-0.4, -0.2) is 10.6 Å². The molecule has 103 valence electrons. The Balaban J connectivity index is 2.12. The van der Waals surface area contributed by atoms with Gasteiger partial charge in [-0.05, 0) is 51.1 Å². The van der Waals surface area contributed by atoms with Gasteiger partial charge in [0, 0.05) is 0 Å². The second-order valence-corrected chi connectivity index (χ2v) is 5.84. The molecule has 0 saturated heterocycles. The highest BCUT2D eigenvalue weighted by Crippen LogP contribution is 2.42. The van der Waals surface area contributed by atoms with Crippen LogP contribution in [0.25, 0.3) is 0 Å². The van der Waals surface area contributed by atoms with E-state index in [0.29, 0.717) is 5.69 Å². The molecule has 2 aromatic rings. The molecule has 0 atom stereocenters. The number of fused-ring (bicyclic) bond motifs is 1. The molecule has 0 aliphatic carbocycles. The number of hydrogen-bond acceptors (Lipinski definition) is 4. The lowest BCUT2D eigenvalue weighted by molar-refractivity contribution is 0.465. The van der Waals surface area contributed by atoms with Gasteiger partial charge in [0.25, 0.3) is 0 Å². The highest BCUT2D eigenvalue weighted by Gasteiger charge is 2.36. The summed E-state index contributed by atoms with van der Waals surface area (Å²) in [4.78, 5) is 0. The molecule has 2 N–H and O–H groups in total. The number of anilines is 3. The smallest absolute Gasteiger partial charge is 0.142 e. The minimum Gasteiger partial charge on any atom is -0.506 e. The molecule has 4 heteroatoms. The molecule has 20 heavy (non-hydrogen) atoms. The van der Waals surface area contributed by atoms with Crippen LogP contribution in [-0.2, 0) is 0 Å². The summed E-state index contributed by atoms with van der Waals surface area (Å²) in [6.07, 6.45) is 0. The van der Waals surface area contributed by atoms with Crippen LogP contribution < -0.4 is 15.6 Å². The molecule has 0 fully saturated rings. The largest absolute Gasteiger partial charge is 0.506 e. The predicted octanol–water partition coefficient (Wildman–Crippen LogP) is 3.56. The van der Waals surface area contributed by atoms with Gasteiger partial charge in [0.05, 0.1) is 16.9 Å². The molecule has 1 aliphatic heterocycles. The number of phenolic OH excluding ortho intramolecular Hbond substituents is 1. The molecule has 2 aromatic carbocycles. The molecular weight excluding hydrogens is 250 g/mol. The molecule has 1 aliphatic rings. The zero-order valence-corrected chi connectivity index (χ0v) is 11.9. The fourth-order valence-corrected chi connectivity index (χ4v) is 2.44. The standard InChI is InChI=1S/C16H18N3O/c1-16(2,3)18-13-9-5-4-8-12(13)17-19(18)14-10-6-7-11-15(14)20/h4-5,7-11,17,20H,1-3H3. The summed E-state index contributed by atoms with van der Waals surface area (Å²) in [5, 5.41) is 14.1. The Hall–Kier alpha value is -2.36. The highest BCUT2D eigenvalue weighted by molar-refractivity contribution is 5.82. The summed E-state index contributed by atoms with van der Waals surface area (Å²) in [5.74, 6) is 0.221. The van der Waals surface area contributed by atoms with Crippen molar-refractivity contribution < 1.29 is 5.11 Å². The number of para-hydroxylation sites is 2. The maximum atomic E-state index is 10.1. The summed E-state index contributed by atoms with van der Waals surface area (Å²) in [7, 11) is 0. The Morgan fingerprint density at radius 1 is 1.10 bits per heavy atom. The fraction of sp³-hybridized carbons (Fsp3) is 0.250. The Morgan fingerprint density at radius 2 is 1.85 bits per heavy atom. The molecule has 1 radical (unpaired) electrons. The zero-order valence-electron chi connectivity index (χ0n) is 11.9. The SMILES string of the molecule is CC(C)(C)N1c2ccccc2NN1c1c[c]ccc1O. The van der Waals surface area contributed by atoms with Crippen LogP contribution in [0.15, 0.2) is 42.5 Å². The van der Waals surface area contributed by atoms with Crippen LogP contribution in [0.1, 0.15) is 20.8 Å². The monoisotopic (exact) mass is 268 g/mol. The van der Waals surface area contributed by atoms with Gasteiger partial charge in [-0.25, -0.2) is 0 Å². The first-order valence-electron chi connectivity index (χ1n) is 6.63. The highest BCUT2D eigenvalue weighted by atomic mass is 16.3. The lowest BCUT2D eigenvalue weighted by atomic mass is 10.1. The lowest BCUT2D eigenvalue weighted by Gasteiger charge is -2.40. The first kappa shape index (κ1) is 12.7. The Morgan fingerprint density at radius 3 is 2.55 bits per heavy atom.